The first-order chi connectivity index (χ1) is 14.9. The van der Waals surface area contributed by atoms with Crippen molar-refractivity contribution in [3.05, 3.63) is 48.0 Å². The molecule has 2 aliphatic rings. The first-order valence-electron chi connectivity index (χ1n) is 10.6. The molecule has 31 heavy (non-hydrogen) atoms. The van der Waals surface area contributed by atoms with Crippen LogP contribution in [0.4, 0.5) is 17.1 Å². The minimum absolute atomic E-state index is 0.263. The summed E-state index contributed by atoms with van der Waals surface area (Å²) < 4.78 is 33.1. The van der Waals surface area contributed by atoms with Crippen LogP contribution in [0.2, 0.25) is 0 Å². The first-order valence-corrected chi connectivity index (χ1v) is 12.4. The second-order valence-electron chi connectivity index (χ2n) is 7.78. The summed E-state index contributed by atoms with van der Waals surface area (Å²) in [6.07, 6.45) is 2.25. The van der Waals surface area contributed by atoms with Gasteiger partial charge in [0.05, 0.1) is 29.5 Å². The van der Waals surface area contributed by atoms with E-state index in [1.807, 2.05) is 37.3 Å². The number of hydrogen-bond acceptors (Lipinski definition) is 5. The number of thiocarbonyl (C=S) groups is 1. The van der Waals surface area contributed by atoms with Crippen LogP contribution < -0.4 is 15.5 Å². The van der Waals surface area contributed by atoms with Crippen molar-refractivity contribution in [3.8, 4) is 0 Å². The van der Waals surface area contributed by atoms with Gasteiger partial charge in [-0.25, -0.2) is 8.42 Å². The molecule has 2 aliphatic heterocycles. The Balaban J connectivity index is 1.62. The number of benzene rings is 2. The number of rotatable bonds is 5. The molecule has 0 radical (unpaired) electrons. The van der Waals surface area contributed by atoms with Gasteiger partial charge >= 0.3 is 0 Å². The summed E-state index contributed by atoms with van der Waals surface area (Å²) >= 11 is 5.56. The van der Waals surface area contributed by atoms with Crippen molar-refractivity contribution >= 4 is 44.4 Å². The summed E-state index contributed by atoms with van der Waals surface area (Å²) in [5.74, 6) is 0. The Kier molecular flexibility index (Phi) is 6.76. The third kappa shape index (κ3) is 5.01. The average Bonchev–Trinajstić information content (AvgIpc) is 3.30. The minimum atomic E-state index is -3.60. The second kappa shape index (κ2) is 9.52. The molecule has 0 unspecified atom stereocenters. The molecule has 2 fully saturated rings. The van der Waals surface area contributed by atoms with Crippen molar-refractivity contribution in [2.45, 2.75) is 24.7 Å². The highest BCUT2D eigenvalue weighted by Gasteiger charge is 2.28. The number of aryl methyl sites for hydroxylation is 1. The average molecular weight is 461 g/mol. The highest BCUT2D eigenvalue weighted by Crippen LogP contribution is 2.32. The van der Waals surface area contributed by atoms with Crippen LogP contribution in [0, 0.1) is 6.92 Å². The minimum Gasteiger partial charge on any atom is -0.379 e. The Hall–Kier alpha value is -2.20. The molecule has 0 aromatic heterocycles. The van der Waals surface area contributed by atoms with Crippen molar-refractivity contribution in [1.82, 2.24) is 4.31 Å². The topological polar surface area (TPSA) is 73.9 Å². The number of nitrogens with one attached hydrogen (secondary N) is 2. The maximum Gasteiger partial charge on any atom is 0.243 e. The predicted molar refractivity (Wildman–Crippen MR) is 128 cm³/mol. The zero-order chi connectivity index (χ0) is 21.8. The maximum absolute atomic E-state index is 13.2. The van der Waals surface area contributed by atoms with Gasteiger partial charge < -0.3 is 20.3 Å². The third-order valence-corrected chi connectivity index (χ3v) is 7.76. The largest absolute Gasteiger partial charge is 0.379 e. The molecule has 2 heterocycles. The van der Waals surface area contributed by atoms with Crippen molar-refractivity contribution in [2.24, 2.45) is 0 Å². The Morgan fingerprint density at radius 3 is 2.35 bits per heavy atom. The SMILES string of the molecule is Cc1ccccc1NC(=S)Nc1cc(S(=O)(=O)N2CCOCC2)ccc1N1CCCC1. The Labute approximate surface area is 189 Å². The number of anilines is 3. The van der Waals surface area contributed by atoms with Gasteiger partial charge in [0.1, 0.15) is 0 Å². The molecule has 0 aliphatic carbocycles. The Morgan fingerprint density at radius 1 is 0.968 bits per heavy atom. The van der Waals surface area contributed by atoms with Gasteiger partial charge in [-0.3, -0.25) is 0 Å². The molecule has 9 heteroatoms. The number of hydrogen-bond donors (Lipinski definition) is 2. The molecule has 0 atom stereocenters. The van der Waals surface area contributed by atoms with E-state index >= 15 is 0 Å². The van der Waals surface area contributed by atoms with Crippen molar-refractivity contribution < 1.29 is 13.2 Å². The fourth-order valence-corrected chi connectivity index (χ4v) is 5.59. The fourth-order valence-electron chi connectivity index (χ4n) is 3.93. The van der Waals surface area contributed by atoms with Crippen LogP contribution in [0.5, 0.6) is 0 Å². The van der Waals surface area contributed by atoms with Gasteiger partial charge in [-0.05, 0) is 61.8 Å². The summed E-state index contributed by atoms with van der Waals surface area (Å²) in [5.41, 5.74) is 3.66. The monoisotopic (exact) mass is 460 g/mol. The highest BCUT2D eigenvalue weighted by molar-refractivity contribution is 7.89. The van der Waals surface area contributed by atoms with E-state index in [2.05, 4.69) is 15.5 Å². The molecule has 0 bridgehead atoms. The van der Waals surface area contributed by atoms with E-state index in [0.717, 1.165) is 42.9 Å². The lowest BCUT2D eigenvalue weighted by Gasteiger charge is -2.27. The molecular weight excluding hydrogens is 432 g/mol. The van der Waals surface area contributed by atoms with Crippen LogP contribution >= 0.6 is 12.2 Å². The Bertz CT molecular complexity index is 1050. The molecule has 0 amide bonds. The summed E-state index contributed by atoms with van der Waals surface area (Å²) in [4.78, 5) is 2.53. The molecule has 2 aromatic carbocycles. The van der Waals surface area contributed by atoms with Crippen LogP contribution in [-0.2, 0) is 14.8 Å². The molecular formula is C22H28N4O3S2. The second-order valence-corrected chi connectivity index (χ2v) is 10.1. The number of ether oxygens (including phenoxy) is 1. The lowest BCUT2D eigenvalue weighted by molar-refractivity contribution is 0.0730. The molecule has 4 rings (SSSR count). The van der Waals surface area contributed by atoms with Gasteiger partial charge in [-0.1, -0.05) is 18.2 Å². The van der Waals surface area contributed by atoms with E-state index in [4.69, 9.17) is 17.0 Å². The fraction of sp³-hybridized carbons (Fsp3) is 0.409. The lowest BCUT2D eigenvalue weighted by Crippen LogP contribution is -2.40. The maximum atomic E-state index is 13.2. The normalized spacial score (nSPS) is 17.5. The summed E-state index contributed by atoms with van der Waals surface area (Å²) in [6.45, 7) is 5.47. The predicted octanol–water partition coefficient (Wildman–Crippen LogP) is 3.43. The van der Waals surface area contributed by atoms with Crippen LogP contribution in [0.25, 0.3) is 0 Å². The van der Waals surface area contributed by atoms with E-state index in [1.165, 1.54) is 4.31 Å². The molecule has 2 N–H and O–H groups in total. The first kappa shape index (κ1) is 22.0. The van der Waals surface area contributed by atoms with Crippen molar-refractivity contribution in [3.63, 3.8) is 0 Å². The molecule has 166 valence electrons. The molecule has 0 saturated carbocycles. The molecule has 2 aromatic rings. The lowest BCUT2D eigenvalue weighted by atomic mass is 10.2. The van der Waals surface area contributed by atoms with Gasteiger partial charge in [-0.2, -0.15) is 4.31 Å². The third-order valence-electron chi connectivity index (χ3n) is 5.66. The van der Waals surface area contributed by atoms with Gasteiger partial charge in [0, 0.05) is 31.9 Å². The number of sulfonamides is 1. The smallest absolute Gasteiger partial charge is 0.243 e. The van der Waals surface area contributed by atoms with Crippen LogP contribution in [0.15, 0.2) is 47.4 Å². The number of nitrogens with zero attached hydrogens (tertiary/aromatic N) is 2. The zero-order valence-corrected chi connectivity index (χ0v) is 19.3. The van der Waals surface area contributed by atoms with Gasteiger partial charge in [0.15, 0.2) is 5.11 Å². The van der Waals surface area contributed by atoms with Gasteiger partial charge in [-0.15, -0.1) is 0 Å². The standard InChI is InChI=1S/C22H28N4O3S2/c1-17-6-2-3-7-19(17)23-22(30)24-20-16-18(8-9-21(20)25-10-4-5-11-25)31(27,28)26-12-14-29-15-13-26/h2-3,6-9,16H,4-5,10-15H2,1H3,(H2,23,24,30). The van der Waals surface area contributed by atoms with Crippen molar-refractivity contribution in [2.75, 3.05) is 54.9 Å². The van der Waals surface area contributed by atoms with E-state index in [1.54, 1.807) is 12.1 Å². The zero-order valence-electron chi connectivity index (χ0n) is 17.6. The van der Waals surface area contributed by atoms with E-state index in [9.17, 15) is 8.42 Å². The van der Waals surface area contributed by atoms with Crippen LogP contribution in [0.1, 0.15) is 18.4 Å². The number of morpholine rings is 1. The summed E-state index contributed by atoms with van der Waals surface area (Å²) in [7, 11) is -3.60. The molecule has 2 saturated heterocycles. The highest BCUT2D eigenvalue weighted by atomic mass is 32.2. The van der Waals surface area contributed by atoms with E-state index in [0.29, 0.717) is 37.1 Å². The van der Waals surface area contributed by atoms with Gasteiger partial charge in [0.2, 0.25) is 10.0 Å². The summed E-state index contributed by atoms with van der Waals surface area (Å²) in [5, 5.41) is 6.90. The summed E-state index contributed by atoms with van der Waals surface area (Å²) in [6, 6.07) is 13.2. The number of para-hydroxylation sites is 1. The quantitative estimate of drug-likeness (QED) is 0.662. The van der Waals surface area contributed by atoms with Crippen molar-refractivity contribution in [1.29, 1.82) is 0 Å². The molecule has 7 nitrogen and oxygen atoms in total. The van der Waals surface area contributed by atoms with E-state index < -0.39 is 10.0 Å². The molecule has 0 spiro atoms. The van der Waals surface area contributed by atoms with Crippen LogP contribution in [0.3, 0.4) is 0 Å². The Morgan fingerprint density at radius 2 is 1.65 bits per heavy atom. The van der Waals surface area contributed by atoms with E-state index in [-0.39, 0.29) is 4.90 Å². The van der Waals surface area contributed by atoms with Gasteiger partial charge in [0.25, 0.3) is 0 Å². The van der Waals surface area contributed by atoms with Crippen LogP contribution in [-0.4, -0.2) is 57.2 Å².